The lowest BCUT2D eigenvalue weighted by atomic mass is 9.89. The average molecular weight is 480 g/mol. The molecule has 188 valence electrons. The standard InChI is InChI=1S/C27H37N5O3/c1-22(33)29-27(15-7-2-3-8-16-27)26-28-24(35-30-26)13-14-25(34)32-20-18-31(19-21-32)17-9-12-23-10-5-4-6-11-23/h4-6,9-12H,2-3,7-8,13-21H2,1H3,(H,29,33)/b12-9+. The number of nitrogens with one attached hydrogen (secondary N) is 1. The maximum atomic E-state index is 12.8. The van der Waals surface area contributed by atoms with Crippen molar-refractivity contribution in [2.75, 3.05) is 32.7 Å². The zero-order chi connectivity index (χ0) is 24.5. The van der Waals surface area contributed by atoms with Gasteiger partial charge in [-0.15, -0.1) is 0 Å². The minimum absolute atomic E-state index is 0.0804. The van der Waals surface area contributed by atoms with Gasteiger partial charge in [0.25, 0.3) is 0 Å². The minimum atomic E-state index is -0.556. The zero-order valence-electron chi connectivity index (χ0n) is 20.7. The number of nitrogens with zero attached hydrogens (tertiary/aromatic N) is 4. The number of hydrogen-bond acceptors (Lipinski definition) is 6. The van der Waals surface area contributed by atoms with Gasteiger partial charge in [0.2, 0.25) is 17.7 Å². The maximum absolute atomic E-state index is 12.8. The summed E-state index contributed by atoms with van der Waals surface area (Å²) >= 11 is 0. The van der Waals surface area contributed by atoms with E-state index in [1.54, 1.807) is 0 Å². The summed E-state index contributed by atoms with van der Waals surface area (Å²) < 4.78 is 5.50. The van der Waals surface area contributed by atoms with Crippen LogP contribution in [-0.2, 0) is 21.5 Å². The Bertz CT molecular complexity index is 987. The molecule has 1 aliphatic heterocycles. The molecule has 1 aliphatic carbocycles. The van der Waals surface area contributed by atoms with Crippen molar-refractivity contribution in [3.05, 3.63) is 53.7 Å². The molecule has 8 heteroatoms. The first-order valence-electron chi connectivity index (χ1n) is 12.9. The van der Waals surface area contributed by atoms with E-state index in [1.165, 1.54) is 12.5 Å². The molecule has 35 heavy (non-hydrogen) atoms. The van der Waals surface area contributed by atoms with Crippen LogP contribution in [0.3, 0.4) is 0 Å². The van der Waals surface area contributed by atoms with Crippen LogP contribution in [0.2, 0.25) is 0 Å². The fourth-order valence-electron chi connectivity index (χ4n) is 5.08. The zero-order valence-corrected chi connectivity index (χ0v) is 20.7. The molecule has 0 bridgehead atoms. The first kappa shape index (κ1) is 25.1. The van der Waals surface area contributed by atoms with Gasteiger partial charge in [0.05, 0.1) is 0 Å². The van der Waals surface area contributed by atoms with E-state index in [1.807, 2.05) is 23.1 Å². The van der Waals surface area contributed by atoms with E-state index < -0.39 is 5.54 Å². The number of hydrogen-bond donors (Lipinski definition) is 1. The third-order valence-electron chi connectivity index (χ3n) is 7.02. The highest BCUT2D eigenvalue weighted by molar-refractivity contribution is 5.76. The van der Waals surface area contributed by atoms with Gasteiger partial charge in [-0.3, -0.25) is 14.5 Å². The molecule has 1 aromatic heterocycles. The summed E-state index contributed by atoms with van der Waals surface area (Å²) in [4.78, 5) is 33.6. The molecule has 1 saturated heterocycles. The van der Waals surface area contributed by atoms with Crippen molar-refractivity contribution in [2.45, 2.75) is 63.8 Å². The summed E-state index contributed by atoms with van der Waals surface area (Å²) in [6.45, 7) is 5.63. The third-order valence-corrected chi connectivity index (χ3v) is 7.02. The second-order valence-corrected chi connectivity index (χ2v) is 9.68. The van der Waals surface area contributed by atoms with Crippen molar-refractivity contribution in [1.82, 2.24) is 25.3 Å². The van der Waals surface area contributed by atoms with E-state index in [0.29, 0.717) is 24.6 Å². The van der Waals surface area contributed by atoms with Gasteiger partial charge >= 0.3 is 0 Å². The molecule has 2 fully saturated rings. The molecule has 0 atom stereocenters. The van der Waals surface area contributed by atoms with Crippen molar-refractivity contribution in [3.63, 3.8) is 0 Å². The fourth-order valence-corrected chi connectivity index (χ4v) is 5.08. The normalized spacial score (nSPS) is 18.9. The van der Waals surface area contributed by atoms with Crippen molar-refractivity contribution >= 4 is 17.9 Å². The van der Waals surface area contributed by atoms with Gasteiger partial charge in [0.15, 0.2) is 5.82 Å². The van der Waals surface area contributed by atoms with Crippen LogP contribution in [0.4, 0.5) is 0 Å². The molecule has 2 aliphatic rings. The van der Waals surface area contributed by atoms with Gasteiger partial charge in [-0.25, -0.2) is 0 Å². The van der Waals surface area contributed by atoms with Crippen LogP contribution in [0.25, 0.3) is 6.08 Å². The number of rotatable bonds is 8. The Kier molecular flexibility index (Phi) is 8.69. The third kappa shape index (κ3) is 7.01. The largest absolute Gasteiger partial charge is 0.343 e. The van der Waals surface area contributed by atoms with Crippen LogP contribution in [-0.4, -0.2) is 64.5 Å². The Hall–Kier alpha value is -3.00. The lowest BCUT2D eigenvalue weighted by Gasteiger charge is -2.34. The summed E-state index contributed by atoms with van der Waals surface area (Å²) in [5.74, 6) is 1.06. The molecule has 2 aromatic rings. The number of aryl methyl sites for hydroxylation is 1. The second kappa shape index (κ2) is 12.1. The quantitative estimate of drug-likeness (QED) is 0.583. The highest BCUT2D eigenvalue weighted by Gasteiger charge is 2.38. The highest BCUT2D eigenvalue weighted by Crippen LogP contribution is 2.34. The van der Waals surface area contributed by atoms with Crippen LogP contribution in [0.5, 0.6) is 0 Å². The molecule has 0 unspecified atom stereocenters. The van der Waals surface area contributed by atoms with E-state index in [0.717, 1.165) is 71.2 Å². The first-order chi connectivity index (χ1) is 17.0. The Balaban J connectivity index is 1.24. The molecule has 0 spiro atoms. The number of benzene rings is 1. The van der Waals surface area contributed by atoms with E-state index in [2.05, 4.69) is 44.6 Å². The molecule has 1 aromatic carbocycles. The topological polar surface area (TPSA) is 91.6 Å². The Morgan fingerprint density at radius 2 is 1.77 bits per heavy atom. The lowest BCUT2D eigenvalue weighted by molar-refractivity contribution is -0.133. The smallest absolute Gasteiger partial charge is 0.227 e. The average Bonchev–Trinajstić information content (AvgIpc) is 3.23. The lowest BCUT2D eigenvalue weighted by Crippen LogP contribution is -2.48. The van der Waals surface area contributed by atoms with Gasteiger partial charge in [-0.05, 0) is 18.4 Å². The monoisotopic (exact) mass is 479 g/mol. The maximum Gasteiger partial charge on any atom is 0.227 e. The SMILES string of the molecule is CC(=O)NC1(c2noc(CCC(=O)N3CCN(C/C=C/c4ccccc4)CC3)n2)CCCCCC1. The van der Waals surface area contributed by atoms with E-state index in [4.69, 9.17) is 4.52 Å². The molecule has 2 amide bonds. The molecular formula is C27H37N5O3. The highest BCUT2D eigenvalue weighted by atomic mass is 16.5. The fraction of sp³-hybridized carbons (Fsp3) is 0.556. The number of amides is 2. The molecule has 1 saturated carbocycles. The van der Waals surface area contributed by atoms with Crippen LogP contribution >= 0.6 is 0 Å². The molecule has 2 heterocycles. The number of aromatic nitrogens is 2. The Morgan fingerprint density at radius 3 is 2.46 bits per heavy atom. The van der Waals surface area contributed by atoms with Crippen LogP contribution in [0.15, 0.2) is 40.9 Å². The number of carbonyl (C=O) groups is 2. The van der Waals surface area contributed by atoms with Gasteiger partial charge in [-0.1, -0.05) is 73.3 Å². The van der Waals surface area contributed by atoms with Gasteiger partial charge in [0.1, 0.15) is 5.54 Å². The van der Waals surface area contributed by atoms with Crippen molar-refractivity contribution in [3.8, 4) is 0 Å². The van der Waals surface area contributed by atoms with Gasteiger partial charge in [-0.2, -0.15) is 4.98 Å². The summed E-state index contributed by atoms with van der Waals surface area (Å²) in [6, 6.07) is 10.3. The van der Waals surface area contributed by atoms with E-state index in [-0.39, 0.29) is 11.8 Å². The number of carbonyl (C=O) groups excluding carboxylic acids is 2. The van der Waals surface area contributed by atoms with Crippen LogP contribution in [0.1, 0.15) is 69.1 Å². The minimum Gasteiger partial charge on any atom is -0.343 e. The predicted molar refractivity (Wildman–Crippen MR) is 134 cm³/mol. The van der Waals surface area contributed by atoms with Crippen molar-refractivity contribution < 1.29 is 14.1 Å². The first-order valence-corrected chi connectivity index (χ1v) is 12.9. The second-order valence-electron chi connectivity index (χ2n) is 9.68. The molecule has 0 radical (unpaired) electrons. The van der Waals surface area contributed by atoms with E-state index in [9.17, 15) is 9.59 Å². The summed E-state index contributed by atoms with van der Waals surface area (Å²) in [5.41, 5.74) is 0.645. The Morgan fingerprint density at radius 1 is 1.06 bits per heavy atom. The van der Waals surface area contributed by atoms with Gasteiger partial charge in [0, 0.05) is 52.5 Å². The summed E-state index contributed by atoms with van der Waals surface area (Å²) in [7, 11) is 0. The van der Waals surface area contributed by atoms with Gasteiger partial charge < -0.3 is 14.7 Å². The number of piperazine rings is 1. The molecule has 8 nitrogen and oxygen atoms in total. The predicted octanol–water partition coefficient (Wildman–Crippen LogP) is 3.55. The van der Waals surface area contributed by atoms with Crippen LogP contribution in [0, 0.1) is 0 Å². The summed E-state index contributed by atoms with van der Waals surface area (Å²) in [6.07, 6.45) is 11.1. The van der Waals surface area contributed by atoms with Crippen LogP contribution < -0.4 is 5.32 Å². The molecular weight excluding hydrogens is 442 g/mol. The Labute approximate surface area is 207 Å². The van der Waals surface area contributed by atoms with Crippen molar-refractivity contribution in [2.24, 2.45) is 0 Å². The van der Waals surface area contributed by atoms with Crippen molar-refractivity contribution in [1.29, 1.82) is 0 Å². The molecule has 4 rings (SSSR count). The van der Waals surface area contributed by atoms with E-state index >= 15 is 0 Å². The molecule has 1 N–H and O–H groups in total. The summed E-state index contributed by atoms with van der Waals surface area (Å²) in [5, 5.41) is 7.32.